The summed E-state index contributed by atoms with van der Waals surface area (Å²) in [5.41, 5.74) is 0. The van der Waals surface area contributed by atoms with Gasteiger partial charge in [-0.1, -0.05) is 13.8 Å². The summed E-state index contributed by atoms with van der Waals surface area (Å²) < 4.78 is 0. The Balaban J connectivity index is 2.40. The number of aliphatic hydroxyl groups excluding tert-OH is 1. The van der Waals surface area contributed by atoms with Crippen LogP contribution in [-0.2, 0) is 0 Å². The second-order valence-electron chi connectivity index (χ2n) is 3.74. The maximum Gasteiger partial charge on any atom is 0.0957 e. The van der Waals surface area contributed by atoms with E-state index in [1.54, 1.807) is 0 Å². The first kappa shape index (κ1) is 11.0. The molecule has 0 aliphatic carbocycles. The minimum atomic E-state index is 0.220. The molecule has 1 unspecified atom stereocenters. The van der Waals surface area contributed by atoms with E-state index in [1.165, 1.54) is 12.8 Å². The summed E-state index contributed by atoms with van der Waals surface area (Å²) in [4.78, 5) is 4.62. The molecule has 0 aromatic rings. The largest absolute Gasteiger partial charge is 0.381 e. The summed E-state index contributed by atoms with van der Waals surface area (Å²) in [6, 6.07) is 0.663. The Morgan fingerprint density at radius 1 is 1.38 bits per heavy atom. The van der Waals surface area contributed by atoms with Gasteiger partial charge in [-0.25, -0.2) is 0 Å². The lowest BCUT2D eigenvalue weighted by molar-refractivity contribution is 0.0423. The summed E-state index contributed by atoms with van der Waals surface area (Å²) in [6.07, 6.45) is 2.51. The van der Waals surface area contributed by atoms with Gasteiger partial charge >= 0.3 is 0 Å². The van der Waals surface area contributed by atoms with E-state index < -0.39 is 0 Å². The highest BCUT2D eigenvalue weighted by Gasteiger charge is 2.22. The molecule has 1 atom stereocenters. The summed E-state index contributed by atoms with van der Waals surface area (Å²) in [5.74, 6) is 0. The number of aliphatic hydroxyl groups is 1. The second kappa shape index (κ2) is 5.58. The second-order valence-corrected chi connectivity index (χ2v) is 3.74. The van der Waals surface area contributed by atoms with Crippen molar-refractivity contribution in [2.24, 2.45) is 0 Å². The fourth-order valence-corrected chi connectivity index (χ4v) is 2.20. The van der Waals surface area contributed by atoms with Gasteiger partial charge in [0.1, 0.15) is 0 Å². The highest BCUT2D eigenvalue weighted by Crippen LogP contribution is 2.14. The Bertz CT molecular complexity index is 137. The van der Waals surface area contributed by atoms with Crippen molar-refractivity contribution in [3.8, 4) is 0 Å². The number of rotatable bonds is 4. The lowest BCUT2D eigenvalue weighted by Crippen LogP contribution is -2.47. The lowest BCUT2D eigenvalue weighted by atomic mass is 10.0. The number of likely N-dealkylation sites (tertiary alicyclic amines) is 1. The standard InChI is InChI=1S/C10H22N2O/c1-3-12(4-2)10-6-5-7-11(8-10)9-13/h10,13H,3-9H2,1-2H3. The first-order valence-corrected chi connectivity index (χ1v) is 5.39. The highest BCUT2D eigenvalue weighted by atomic mass is 16.3. The minimum absolute atomic E-state index is 0.220. The van der Waals surface area contributed by atoms with Gasteiger partial charge in [-0.2, -0.15) is 0 Å². The zero-order valence-corrected chi connectivity index (χ0v) is 8.87. The van der Waals surface area contributed by atoms with Gasteiger partial charge in [-0.05, 0) is 25.9 Å². The third-order valence-electron chi connectivity index (χ3n) is 3.01. The van der Waals surface area contributed by atoms with Crippen LogP contribution in [-0.4, -0.2) is 53.9 Å². The molecule has 0 aromatic carbocycles. The maximum atomic E-state index is 9.04. The highest BCUT2D eigenvalue weighted by molar-refractivity contribution is 4.78. The molecule has 1 rings (SSSR count). The number of hydrogen-bond acceptors (Lipinski definition) is 3. The normalized spacial score (nSPS) is 25.4. The van der Waals surface area contributed by atoms with Crippen LogP contribution in [0.15, 0.2) is 0 Å². The van der Waals surface area contributed by atoms with E-state index in [-0.39, 0.29) is 6.73 Å². The maximum absolute atomic E-state index is 9.04. The van der Waals surface area contributed by atoms with E-state index in [2.05, 4.69) is 23.6 Å². The molecule has 0 spiro atoms. The Labute approximate surface area is 81.3 Å². The Morgan fingerprint density at radius 3 is 2.62 bits per heavy atom. The number of likely N-dealkylation sites (N-methyl/N-ethyl adjacent to an activating group) is 1. The number of piperidine rings is 1. The number of nitrogens with zero attached hydrogens (tertiary/aromatic N) is 2. The van der Waals surface area contributed by atoms with Gasteiger partial charge in [0.25, 0.3) is 0 Å². The zero-order chi connectivity index (χ0) is 9.68. The molecule has 1 aliphatic rings. The molecular weight excluding hydrogens is 164 g/mol. The first-order valence-electron chi connectivity index (χ1n) is 5.39. The number of hydrogen-bond donors (Lipinski definition) is 1. The van der Waals surface area contributed by atoms with E-state index in [0.29, 0.717) is 6.04 Å². The molecule has 1 fully saturated rings. The summed E-state index contributed by atoms with van der Waals surface area (Å²) >= 11 is 0. The molecule has 0 aromatic heterocycles. The van der Waals surface area contributed by atoms with Crippen LogP contribution in [0.4, 0.5) is 0 Å². The minimum Gasteiger partial charge on any atom is -0.381 e. The summed E-state index contributed by atoms with van der Waals surface area (Å²) in [7, 11) is 0. The molecule has 3 heteroatoms. The van der Waals surface area contributed by atoms with Crippen molar-refractivity contribution in [2.45, 2.75) is 32.7 Å². The van der Waals surface area contributed by atoms with Gasteiger partial charge in [-0.15, -0.1) is 0 Å². The van der Waals surface area contributed by atoms with Crippen LogP contribution in [0.2, 0.25) is 0 Å². The summed E-state index contributed by atoms with van der Waals surface area (Å²) in [5, 5.41) is 9.04. The molecular formula is C10H22N2O. The van der Waals surface area contributed by atoms with Crippen molar-refractivity contribution >= 4 is 0 Å². The smallest absolute Gasteiger partial charge is 0.0957 e. The predicted molar refractivity (Wildman–Crippen MR) is 54.6 cm³/mol. The van der Waals surface area contributed by atoms with Gasteiger partial charge in [0, 0.05) is 19.1 Å². The van der Waals surface area contributed by atoms with Crippen LogP contribution >= 0.6 is 0 Å². The SMILES string of the molecule is CCN(CC)C1CCCN(CO)C1. The fraction of sp³-hybridized carbons (Fsp3) is 1.00. The first-order chi connectivity index (χ1) is 6.31. The zero-order valence-electron chi connectivity index (χ0n) is 8.87. The molecule has 13 heavy (non-hydrogen) atoms. The van der Waals surface area contributed by atoms with Crippen LogP contribution in [0.25, 0.3) is 0 Å². The van der Waals surface area contributed by atoms with Gasteiger partial charge in [-0.3, -0.25) is 9.80 Å². The van der Waals surface area contributed by atoms with Gasteiger partial charge in [0.2, 0.25) is 0 Å². The Hall–Kier alpha value is -0.120. The Kier molecular flexibility index (Phi) is 4.70. The van der Waals surface area contributed by atoms with E-state index in [1.807, 2.05) is 0 Å². The van der Waals surface area contributed by atoms with Crippen molar-refractivity contribution in [1.29, 1.82) is 0 Å². The average molecular weight is 186 g/mol. The Morgan fingerprint density at radius 2 is 2.08 bits per heavy atom. The molecule has 1 saturated heterocycles. The van der Waals surface area contributed by atoms with Crippen molar-refractivity contribution < 1.29 is 5.11 Å². The third kappa shape index (κ3) is 2.93. The van der Waals surface area contributed by atoms with E-state index in [4.69, 9.17) is 5.11 Å². The van der Waals surface area contributed by atoms with Crippen molar-refractivity contribution in [1.82, 2.24) is 9.80 Å². The molecule has 1 heterocycles. The fourth-order valence-electron chi connectivity index (χ4n) is 2.20. The van der Waals surface area contributed by atoms with Crippen LogP contribution in [0.5, 0.6) is 0 Å². The van der Waals surface area contributed by atoms with Crippen LogP contribution in [0, 0.1) is 0 Å². The van der Waals surface area contributed by atoms with Gasteiger partial charge in [0.05, 0.1) is 6.73 Å². The van der Waals surface area contributed by atoms with Crippen molar-refractivity contribution in [2.75, 3.05) is 32.9 Å². The van der Waals surface area contributed by atoms with Crippen LogP contribution in [0.3, 0.4) is 0 Å². The molecule has 1 aliphatic heterocycles. The summed E-state index contributed by atoms with van der Waals surface area (Å²) in [6.45, 7) is 8.99. The van der Waals surface area contributed by atoms with E-state index in [0.717, 1.165) is 26.2 Å². The quantitative estimate of drug-likeness (QED) is 0.701. The molecule has 78 valence electrons. The third-order valence-corrected chi connectivity index (χ3v) is 3.01. The van der Waals surface area contributed by atoms with Crippen LogP contribution < -0.4 is 0 Å². The van der Waals surface area contributed by atoms with Gasteiger partial charge in [0.15, 0.2) is 0 Å². The molecule has 0 radical (unpaired) electrons. The monoisotopic (exact) mass is 186 g/mol. The lowest BCUT2D eigenvalue weighted by Gasteiger charge is -2.37. The van der Waals surface area contributed by atoms with Gasteiger partial charge < -0.3 is 5.11 Å². The van der Waals surface area contributed by atoms with Crippen molar-refractivity contribution in [3.05, 3.63) is 0 Å². The molecule has 0 amide bonds. The van der Waals surface area contributed by atoms with Crippen LogP contribution in [0.1, 0.15) is 26.7 Å². The molecule has 3 nitrogen and oxygen atoms in total. The topological polar surface area (TPSA) is 26.7 Å². The van der Waals surface area contributed by atoms with Crippen molar-refractivity contribution in [3.63, 3.8) is 0 Å². The molecule has 1 N–H and O–H groups in total. The predicted octanol–water partition coefficient (Wildman–Crippen LogP) is 0.742. The van der Waals surface area contributed by atoms with E-state index >= 15 is 0 Å². The van der Waals surface area contributed by atoms with E-state index in [9.17, 15) is 0 Å². The average Bonchev–Trinajstić information content (AvgIpc) is 2.20. The molecule has 0 saturated carbocycles. The molecule has 0 bridgehead atoms.